The molecule has 2 rings (SSSR count). The second-order valence-electron chi connectivity index (χ2n) is 5.82. The van der Waals surface area contributed by atoms with E-state index in [1.54, 1.807) is 42.4 Å². The van der Waals surface area contributed by atoms with Gasteiger partial charge in [-0.3, -0.25) is 9.59 Å². The molecule has 1 aromatic carbocycles. The van der Waals surface area contributed by atoms with E-state index >= 15 is 0 Å². The number of imidazole rings is 1. The summed E-state index contributed by atoms with van der Waals surface area (Å²) in [6.07, 6.45) is 3.12. The number of hydrogen-bond donors (Lipinski definition) is 2. The molecule has 0 saturated heterocycles. The summed E-state index contributed by atoms with van der Waals surface area (Å²) in [4.78, 5) is 28.5. The molecule has 0 aliphatic rings. The summed E-state index contributed by atoms with van der Waals surface area (Å²) in [6.45, 7) is 1.07. The normalized spacial score (nSPS) is 11.2. The Morgan fingerprint density at radius 2 is 1.93 bits per heavy atom. The molecule has 11 heteroatoms. The quantitative estimate of drug-likeness (QED) is 0.458. The fourth-order valence-electron chi connectivity index (χ4n) is 2.11. The third-order valence-electron chi connectivity index (χ3n) is 3.72. The minimum Gasteiger partial charge on any atom is -0.456 e. The van der Waals surface area contributed by atoms with E-state index in [0.717, 1.165) is 4.90 Å². The van der Waals surface area contributed by atoms with E-state index < -0.39 is 28.5 Å². The lowest BCUT2D eigenvalue weighted by Gasteiger charge is -2.07. The smallest absolute Gasteiger partial charge is 0.307 e. The number of hydrogen-bond acceptors (Lipinski definition) is 7. The van der Waals surface area contributed by atoms with Crippen molar-refractivity contribution in [2.24, 2.45) is 7.05 Å². The molecule has 0 fully saturated rings. The van der Waals surface area contributed by atoms with Crippen molar-refractivity contribution in [1.29, 1.82) is 0 Å². The Morgan fingerprint density at radius 1 is 1.25 bits per heavy atom. The van der Waals surface area contributed by atoms with Crippen LogP contribution in [0.5, 0.6) is 0 Å². The van der Waals surface area contributed by atoms with Gasteiger partial charge < -0.3 is 14.6 Å². The Morgan fingerprint density at radius 3 is 2.50 bits per heavy atom. The van der Waals surface area contributed by atoms with Crippen LogP contribution in [0.3, 0.4) is 0 Å². The van der Waals surface area contributed by atoms with Crippen LogP contribution in [0.15, 0.2) is 40.4 Å². The highest BCUT2D eigenvalue weighted by Crippen LogP contribution is 2.17. The number of carbonyl (C=O) groups excluding carboxylic acids is 2. The standard InChI is InChI=1S/C17H22N4O5S2/c1-12-19-16(10-21(12)2)28(24,25)18-9-8-17(23)26-11-15(22)20-13-4-6-14(27-3)7-5-13/h4-7,10,18H,8-9,11H2,1-3H3,(H,20,22). The van der Waals surface area contributed by atoms with E-state index in [2.05, 4.69) is 15.0 Å². The second kappa shape index (κ2) is 9.71. The van der Waals surface area contributed by atoms with Crippen LogP contribution in [0.25, 0.3) is 0 Å². The molecule has 2 N–H and O–H groups in total. The fraction of sp³-hybridized carbons (Fsp3) is 0.353. The Labute approximate surface area is 167 Å². The first-order chi connectivity index (χ1) is 13.2. The van der Waals surface area contributed by atoms with E-state index in [9.17, 15) is 18.0 Å². The molecule has 0 aliphatic heterocycles. The number of ether oxygens (including phenoxy) is 1. The molecule has 0 aliphatic carbocycles. The van der Waals surface area contributed by atoms with Gasteiger partial charge in [0.2, 0.25) is 0 Å². The zero-order valence-electron chi connectivity index (χ0n) is 15.8. The van der Waals surface area contributed by atoms with Crippen molar-refractivity contribution >= 4 is 39.3 Å². The lowest BCUT2D eigenvalue weighted by Crippen LogP contribution is -2.28. The molecule has 0 unspecified atom stereocenters. The SMILES string of the molecule is CSc1ccc(NC(=O)COC(=O)CCNS(=O)(=O)c2cn(C)c(C)n2)cc1. The fourth-order valence-corrected chi connectivity index (χ4v) is 3.58. The summed E-state index contributed by atoms with van der Waals surface area (Å²) in [5, 5.41) is 2.49. The van der Waals surface area contributed by atoms with Gasteiger partial charge in [-0.2, -0.15) is 0 Å². The van der Waals surface area contributed by atoms with Crippen LogP contribution in [0.2, 0.25) is 0 Å². The Kier molecular flexibility index (Phi) is 7.61. The second-order valence-corrected chi connectivity index (χ2v) is 8.42. The maximum Gasteiger partial charge on any atom is 0.307 e. The monoisotopic (exact) mass is 426 g/mol. The van der Waals surface area contributed by atoms with Crippen LogP contribution in [-0.2, 0) is 31.4 Å². The first-order valence-corrected chi connectivity index (χ1v) is 11.0. The van der Waals surface area contributed by atoms with Gasteiger partial charge in [-0.1, -0.05) is 0 Å². The highest BCUT2D eigenvalue weighted by molar-refractivity contribution is 7.98. The number of nitrogens with one attached hydrogen (secondary N) is 2. The van der Waals surface area contributed by atoms with Gasteiger partial charge in [-0.05, 0) is 37.4 Å². The van der Waals surface area contributed by atoms with E-state index in [-0.39, 0.29) is 18.0 Å². The largest absolute Gasteiger partial charge is 0.456 e. The summed E-state index contributed by atoms with van der Waals surface area (Å²) in [6, 6.07) is 7.22. The number of thioether (sulfide) groups is 1. The third kappa shape index (κ3) is 6.36. The molecule has 152 valence electrons. The number of benzene rings is 1. The number of nitrogens with zero attached hydrogens (tertiary/aromatic N) is 2. The van der Waals surface area contributed by atoms with Crippen molar-refractivity contribution in [3.63, 3.8) is 0 Å². The lowest BCUT2D eigenvalue weighted by molar-refractivity contribution is -0.147. The third-order valence-corrected chi connectivity index (χ3v) is 5.80. The molecule has 0 spiro atoms. The first kappa shape index (κ1) is 21.9. The molecule has 2 aromatic rings. The average molecular weight is 427 g/mol. The lowest BCUT2D eigenvalue weighted by atomic mass is 10.3. The molecular formula is C17H22N4O5S2. The van der Waals surface area contributed by atoms with Crippen molar-refractivity contribution in [3.05, 3.63) is 36.3 Å². The minimum absolute atomic E-state index is 0.118. The zero-order chi connectivity index (χ0) is 20.7. The van der Waals surface area contributed by atoms with E-state index in [1.807, 2.05) is 18.4 Å². The number of esters is 1. The van der Waals surface area contributed by atoms with Crippen molar-refractivity contribution < 1.29 is 22.7 Å². The first-order valence-electron chi connectivity index (χ1n) is 8.30. The van der Waals surface area contributed by atoms with Crippen molar-refractivity contribution in [1.82, 2.24) is 14.3 Å². The number of amides is 1. The van der Waals surface area contributed by atoms with Crippen molar-refractivity contribution in [2.75, 3.05) is 24.7 Å². The summed E-state index contributed by atoms with van der Waals surface area (Å²) in [5.74, 6) is -0.614. The summed E-state index contributed by atoms with van der Waals surface area (Å²) in [5.41, 5.74) is 0.595. The molecular weight excluding hydrogens is 404 g/mol. The van der Waals surface area contributed by atoms with Crippen molar-refractivity contribution in [2.45, 2.75) is 23.3 Å². The molecule has 1 amide bonds. The molecule has 0 saturated carbocycles. The Balaban J connectivity index is 1.72. The molecule has 28 heavy (non-hydrogen) atoms. The average Bonchev–Trinajstić information content (AvgIpc) is 3.00. The maximum atomic E-state index is 12.1. The predicted octanol–water partition coefficient (Wildman–Crippen LogP) is 1.30. The van der Waals surface area contributed by atoms with E-state index in [4.69, 9.17) is 4.74 Å². The number of sulfonamides is 1. The van der Waals surface area contributed by atoms with Gasteiger partial charge in [0, 0.05) is 30.4 Å². The van der Waals surface area contributed by atoms with Crippen LogP contribution < -0.4 is 10.0 Å². The molecule has 1 heterocycles. The van der Waals surface area contributed by atoms with Gasteiger partial charge in [0.1, 0.15) is 5.82 Å². The number of aromatic nitrogens is 2. The van der Waals surface area contributed by atoms with Crippen LogP contribution in [-0.4, -0.2) is 49.3 Å². The Hall–Kier alpha value is -2.37. The Bertz CT molecular complexity index is 919. The van der Waals surface area contributed by atoms with Gasteiger partial charge in [0.05, 0.1) is 6.42 Å². The van der Waals surface area contributed by atoms with Gasteiger partial charge in [-0.25, -0.2) is 18.1 Å². The number of carbonyl (C=O) groups is 2. The summed E-state index contributed by atoms with van der Waals surface area (Å²) < 4.78 is 32.9. The highest BCUT2D eigenvalue weighted by atomic mass is 32.2. The molecule has 0 atom stereocenters. The molecule has 0 radical (unpaired) electrons. The van der Waals surface area contributed by atoms with Crippen LogP contribution >= 0.6 is 11.8 Å². The van der Waals surface area contributed by atoms with Gasteiger partial charge >= 0.3 is 5.97 Å². The van der Waals surface area contributed by atoms with Crippen LogP contribution in [0, 0.1) is 6.92 Å². The van der Waals surface area contributed by atoms with Gasteiger partial charge in [0.25, 0.3) is 15.9 Å². The topological polar surface area (TPSA) is 119 Å². The zero-order valence-corrected chi connectivity index (χ0v) is 17.4. The van der Waals surface area contributed by atoms with Crippen LogP contribution in [0.4, 0.5) is 5.69 Å². The summed E-state index contributed by atoms with van der Waals surface area (Å²) in [7, 11) is -2.12. The molecule has 9 nitrogen and oxygen atoms in total. The number of anilines is 1. The molecule has 1 aromatic heterocycles. The van der Waals surface area contributed by atoms with Gasteiger partial charge in [0.15, 0.2) is 11.6 Å². The molecule has 0 bridgehead atoms. The highest BCUT2D eigenvalue weighted by Gasteiger charge is 2.18. The van der Waals surface area contributed by atoms with Crippen molar-refractivity contribution in [3.8, 4) is 0 Å². The van der Waals surface area contributed by atoms with E-state index in [0.29, 0.717) is 11.5 Å². The maximum absolute atomic E-state index is 12.1. The minimum atomic E-state index is -3.81. The van der Waals surface area contributed by atoms with E-state index in [1.165, 1.54) is 6.20 Å². The number of aryl methyl sites for hydroxylation is 2. The van der Waals surface area contributed by atoms with Crippen LogP contribution in [0.1, 0.15) is 12.2 Å². The predicted molar refractivity (Wildman–Crippen MR) is 106 cm³/mol. The number of rotatable bonds is 9. The van der Waals surface area contributed by atoms with Gasteiger partial charge in [-0.15, -0.1) is 11.8 Å². The summed E-state index contributed by atoms with van der Waals surface area (Å²) >= 11 is 1.58.